The highest BCUT2D eigenvalue weighted by atomic mass is 16.6. The van der Waals surface area contributed by atoms with Crippen molar-refractivity contribution in [2.45, 2.75) is 64.9 Å². The molecule has 1 aromatic heterocycles. The Bertz CT molecular complexity index is 800. The predicted molar refractivity (Wildman–Crippen MR) is 107 cm³/mol. The van der Waals surface area contributed by atoms with Crippen LogP contribution in [0.1, 0.15) is 70.6 Å². The number of aromatic amines is 1. The van der Waals surface area contributed by atoms with E-state index in [1.165, 1.54) is 5.56 Å². The molecule has 27 heavy (non-hydrogen) atoms. The van der Waals surface area contributed by atoms with Gasteiger partial charge < -0.3 is 9.72 Å². The molecule has 0 radical (unpaired) electrons. The number of hydrogen-bond acceptors (Lipinski definition) is 4. The van der Waals surface area contributed by atoms with Gasteiger partial charge in [-0.1, -0.05) is 26.0 Å². The summed E-state index contributed by atoms with van der Waals surface area (Å²) in [6.07, 6.45) is 3.10. The summed E-state index contributed by atoms with van der Waals surface area (Å²) in [5, 5.41) is 2.73. The number of nitrogens with one attached hydrogen (secondary N) is 2. The van der Waals surface area contributed by atoms with Crippen LogP contribution >= 0.6 is 0 Å². The lowest BCUT2D eigenvalue weighted by molar-refractivity contribution is 0.0636. The summed E-state index contributed by atoms with van der Waals surface area (Å²) in [5.74, 6) is 0.845. The smallest absolute Gasteiger partial charge is 0.412 e. The van der Waals surface area contributed by atoms with E-state index in [1.54, 1.807) is 6.20 Å². The molecule has 3 rings (SSSR count). The minimum Gasteiger partial charge on any atom is -0.444 e. The molecule has 146 valence electrons. The van der Waals surface area contributed by atoms with Crippen LogP contribution < -0.4 is 11.0 Å². The molecule has 1 aromatic carbocycles. The standard InChI is InChI=1S/C19H23N3O3.C2H6/c1-19(2,3)25-18(24)21-15-6-4-12(5-7-15)13-10-14(11-13)16-8-9-20-17(23)22-16;1-2/h4-9,13-14H,10-11H2,1-3H3,(H,21,24)(H,20,22,23);1-2H3. The molecule has 1 aliphatic carbocycles. The molecule has 2 aromatic rings. The number of ether oxygens (including phenoxy) is 1. The minimum absolute atomic E-state index is 0.293. The third kappa shape index (κ3) is 5.94. The van der Waals surface area contributed by atoms with Gasteiger partial charge in [-0.15, -0.1) is 0 Å². The first-order valence-corrected chi connectivity index (χ1v) is 9.45. The SMILES string of the molecule is CC.CC(C)(C)OC(=O)Nc1ccc(C2CC(c3ccnc(=O)[nH]3)C2)cc1. The van der Waals surface area contributed by atoms with Gasteiger partial charge in [-0.2, -0.15) is 0 Å². The van der Waals surface area contributed by atoms with E-state index in [-0.39, 0.29) is 5.69 Å². The van der Waals surface area contributed by atoms with E-state index in [2.05, 4.69) is 15.3 Å². The number of anilines is 1. The van der Waals surface area contributed by atoms with Crippen molar-refractivity contribution in [1.29, 1.82) is 0 Å². The van der Waals surface area contributed by atoms with E-state index in [9.17, 15) is 9.59 Å². The molecule has 0 saturated heterocycles. The van der Waals surface area contributed by atoms with Gasteiger partial charge in [0.05, 0.1) is 0 Å². The maximum Gasteiger partial charge on any atom is 0.412 e. The summed E-state index contributed by atoms with van der Waals surface area (Å²) >= 11 is 0. The Morgan fingerprint density at radius 1 is 1.11 bits per heavy atom. The Balaban J connectivity index is 0.00000126. The predicted octanol–water partition coefficient (Wildman–Crippen LogP) is 4.80. The number of aromatic nitrogens is 2. The molecule has 6 heteroatoms. The maximum atomic E-state index is 11.8. The molecular weight excluding hydrogens is 342 g/mol. The van der Waals surface area contributed by atoms with E-state index in [0.717, 1.165) is 18.5 Å². The third-order valence-corrected chi connectivity index (χ3v) is 4.30. The fourth-order valence-corrected chi connectivity index (χ4v) is 3.02. The Kier molecular flexibility index (Phi) is 6.77. The van der Waals surface area contributed by atoms with Gasteiger partial charge in [0.2, 0.25) is 0 Å². The zero-order valence-corrected chi connectivity index (χ0v) is 16.7. The highest BCUT2D eigenvalue weighted by Crippen LogP contribution is 2.46. The number of H-pyrrole nitrogens is 1. The summed E-state index contributed by atoms with van der Waals surface area (Å²) in [5.41, 5.74) is 2.10. The fraction of sp³-hybridized carbons (Fsp3) is 0.476. The van der Waals surface area contributed by atoms with Crippen molar-refractivity contribution < 1.29 is 9.53 Å². The second-order valence-electron chi connectivity index (χ2n) is 7.44. The Hall–Kier alpha value is -2.63. The van der Waals surface area contributed by atoms with Crippen LogP contribution in [0.15, 0.2) is 41.3 Å². The van der Waals surface area contributed by atoms with Crippen LogP contribution in [0.5, 0.6) is 0 Å². The number of rotatable bonds is 3. The van der Waals surface area contributed by atoms with Gasteiger partial charge in [-0.25, -0.2) is 14.6 Å². The second-order valence-corrected chi connectivity index (χ2v) is 7.44. The van der Waals surface area contributed by atoms with Gasteiger partial charge in [0.25, 0.3) is 0 Å². The van der Waals surface area contributed by atoms with Crippen LogP contribution in [-0.4, -0.2) is 21.7 Å². The Labute approximate surface area is 160 Å². The molecular formula is C21H29N3O3. The molecule has 1 amide bonds. The van der Waals surface area contributed by atoms with Gasteiger partial charge in [-0.05, 0) is 63.3 Å². The topological polar surface area (TPSA) is 84.1 Å². The molecule has 0 spiro atoms. The second kappa shape index (κ2) is 8.84. The van der Waals surface area contributed by atoms with Crippen LogP contribution in [0, 0.1) is 0 Å². The van der Waals surface area contributed by atoms with Crippen LogP contribution in [0.4, 0.5) is 10.5 Å². The van der Waals surface area contributed by atoms with Crippen molar-refractivity contribution in [2.75, 3.05) is 5.32 Å². The number of amides is 1. The van der Waals surface area contributed by atoms with Gasteiger partial charge >= 0.3 is 11.8 Å². The average Bonchev–Trinajstić information content (AvgIpc) is 2.55. The molecule has 6 nitrogen and oxygen atoms in total. The van der Waals surface area contributed by atoms with Crippen LogP contribution in [0.25, 0.3) is 0 Å². The average molecular weight is 371 g/mol. The van der Waals surface area contributed by atoms with Crippen molar-refractivity contribution in [3.8, 4) is 0 Å². The number of carbonyl (C=O) groups excluding carboxylic acids is 1. The van der Waals surface area contributed by atoms with E-state index < -0.39 is 11.7 Å². The summed E-state index contributed by atoms with van der Waals surface area (Å²) in [6, 6.07) is 9.71. The monoisotopic (exact) mass is 371 g/mol. The van der Waals surface area contributed by atoms with E-state index in [1.807, 2.05) is 65.0 Å². The first kappa shape index (κ1) is 20.7. The van der Waals surface area contributed by atoms with Crippen molar-refractivity contribution in [3.63, 3.8) is 0 Å². The molecule has 2 N–H and O–H groups in total. The van der Waals surface area contributed by atoms with Crippen molar-refractivity contribution in [2.24, 2.45) is 0 Å². The number of nitrogens with zero attached hydrogens (tertiary/aromatic N) is 1. The number of carbonyl (C=O) groups is 1. The molecule has 1 fully saturated rings. The van der Waals surface area contributed by atoms with Crippen molar-refractivity contribution >= 4 is 11.8 Å². The van der Waals surface area contributed by atoms with Gasteiger partial charge in [-0.3, -0.25) is 5.32 Å². The van der Waals surface area contributed by atoms with E-state index >= 15 is 0 Å². The molecule has 0 atom stereocenters. The molecule has 1 aliphatic rings. The minimum atomic E-state index is -0.515. The molecule has 1 heterocycles. The lowest BCUT2D eigenvalue weighted by Crippen LogP contribution is -2.27. The van der Waals surface area contributed by atoms with Crippen LogP contribution in [0.2, 0.25) is 0 Å². The summed E-state index contributed by atoms with van der Waals surface area (Å²) in [4.78, 5) is 29.5. The Morgan fingerprint density at radius 3 is 2.30 bits per heavy atom. The van der Waals surface area contributed by atoms with Crippen LogP contribution in [0.3, 0.4) is 0 Å². The first-order valence-electron chi connectivity index (χ1n) is 9.45. The van der Waals surface area contributed by atoms with E-state index in [0.29, 0.717) is 17.5 Å². The zero-order chi connectivity index (χ0) is 20.0. The zero-order valence-electron chi connectivity index (χ0n) is 16.7. The van der Waals surface area contributed by atoms with Crippen molar-refractivity contribution in [1.82, 2.24) is 9.97 Å². The molecule has 0 aliphatic heterocycles. The van der Waals surface area contributed by atoms with E-state index in [4.69, 9.17) is 4.74 Å². The Morgan fingerprint density at radius 2 is 1.74 bits per heavy atom. The number of benzene rings is 1. The summed E-state index contributed by atoms with van der Waals surface area (Å²) < 4.78 is 5.24. The molecule has 0 bridgehead atoms. The van der Waals surface area contributed by atoms with Gasteiger partial charge in [0, 0.05) is 23.5 Å². The molecule has 0 unspecified atom stereocenters. The normalized spacial score (nSPS) is 18.6. The van der Waals surface area contributed by atoms with Gasteiger partial charge in [0.1, 0.15) is 5.60 Å². The maximum absolute atomic E-state index is 11.8. The quantitative estimate of drug-likeness (QED) is 0.811. The lowest BCUT2D eigenvalue weighted by atomic mass is 9.70. The van der Waals surface area contributed by atoms with Crippen LogP contribution in [-0.2, 0) is 4.74 Å². The van der Waals surface area contributed by atoms with Gasteiger partial charge in [0.15, 0.2) is 0 Å². The fourth-order valence-electron chi connectivity index (χ4n) is 3.02. The number of hydrogen-bond donors (Lipinski definition) is 2. The first-order chi connectivity index (χ1) is 12.8. The third-order valence-electron chi connectivity index (χ3n) is 4.30. The summed E-state index contributed by atoms with van der Waals surface area (Å²) in [7, 11) is 0. The molecule has 1 saturated carbocycles. The van der Waals surface area contributed by atoms with Crippen molar-refractivity contribution in [3.05, 3.63) is 58.3 Å². The highest BCUT2D eigenvalue weighted by molar-refractivity contribution is 5.84. The highest BCUT2D eigenvalue weighted by Gasteiger charge is 2.32. The lowest BCUT2D eigenvalue weighted by Gasteiger charge is -2.35. The largest absolute Gasteiger partial charge is 0.444 e. The summed E-state index contributed by atoms with van der Waals surface area (Å²) in [6.45, 7) is 9.50.